The number of benzene rings is 1. The number of aliphatic hydroxyl groups is 1. The molecule has 1 unspecified atom stereocenters. The van der Waals surface area contributed by atoms with Gasteiger partial charge in [-0.05, 0) is 29.1 Å². The Morgan fingerprint density at radius 2 is 1.94 bits per heavy atom. The Morgan fingerprint density at radius 3 is 2.44 bits per heavy atom. The van der Waals surface area contributed by atoms with Gasteiger partial charge in [0.05, 0.1) is 0 Å². The molecule has 0 fully saturated rings. The van der Waals surface area contributed by atoms with Crippen LogP contribution >= 0.6 is 11.3 Å². The largest absolute Gasteiger partial charge is 0.376 e. The van der Waals surface area contributed by atoms with E-state index in [1.54, 1.807) is 12.1 Å². The molecule has 1 heterocycles. The molecule has 0 bridgehead atoms. The van der Waals surface area contributed by atoms with E-state index >= 15 is 0 Å². The van der Waals surface area contributed by atoms with Crippen LogP contribution in [0.2, 0.25) is 0 Å². The van der Waals surface area contributed by atoms with Crippen molar-refractivity contribution in [3.05, 3.63) is 70.7 Å². The Morgan fingerprint density at radius 1 is 1.25 bits per heavy atom. The highest BCUT2D eigenvalue weighted by molar-refractivity contribution is 7.10. The molecule has 0 aliphatic rings. The molecule has 1 atom stereocenters. The van der Waals surface area contributed by atoms with E-state index in [0.717, 1.165) is 4.88 Å². The van der Waals surface area contributed by atoms with Gasteiger partial charge in [-0.1, -0.05) is 30.9 Å². The van der Waals surface area contributed by atoms with Crippen LogP contribution in [0.5, 0.6) is 0 Å². The molecule has 16 heavy (non-hydrogen) atoms. The van der Waals surface area contributed by atoms with E-state index in [2.05, 4.69) is 6.58 Å². The molecule has 0 saturated heterocycles. The van der Waals surface area contributed by atoms with E-state index < -0.39 is 5.60 Å². The maximum absolute atomic E-state index is 12.8. The van der Waals surface area contributed by atoms with E-state index in [9.17, 15) is 9.50 Å². The van der Waals surface area contributed by atoms with Crippen LogP contribution in [0.4, 0.5) is 4.39 Å². The van der Waals surface area contributed by atoms with Crippen LogP contribution in [0.1, 0.15) is 10.4 Å². The zero-order chi connectivity index (χ0) is 11.6. The normalized spacial score (nSPS) is 14.4. The van der Waals surface area contributed by atoms with Gasteiger partial charge in [0.25, 0.3) is 0 Å². The predicted molar refractivity (Wildman–Crippen MR) is 63.9 cm³/mol. The molecule has 2 rings (SSSR count). The van der Waals surface area contributed by atoms with E-state index in [0.29, 0.717) is 5.56 Å². The van der Waals surface area contributed by atoms with Crippen molar-refractivity contribution in [3.63, 3.8) is 0 Å². The van der Waals surface area contributed by atoms with Gasteiger partial charge < -0.3 is 5.11 Å². The minimum absolute atomic E-state index is 0.318. The van der Waals surface area contributed by atoms with E-state index in [1.807, 2.05) is 17.5 Å². The lowest BCUT2D eigenvalue weighted by atomic mass is 9.92. The Labute approximate surface area is 97.5 Å². The van der Waals surface area contributed by atoms with Crippen LogP contribution in [0.15, 0.2) is 54.4 Å². The summed E-state index contributed by atoms with van der Waals surface area (Å²) in [6.07, 6.45) is 1.46. The Balaban J connectivity index is 2.50. The average molecular weight is 234 g/mol. The highest BCUT2D eigenvalue weighted by Gasteiger charge is 2.28. The van der Waals surface area contributed by atoms with Gasteiger partial charge in [0.15, 0.2) is 0 Å². The van der Waals surface area contributed by atoms with E-state index in [4.69, 9.17) is 0 Å². The van der Waals surface area contributed by atoms with Gasteiger partial charge in [-0.25, -0.2) is 4.39 Å². The monoisotopic (exact) mass is 234 g/mol. The number of halogens is 1. The summed E-state index contributed by atoms with van der Waals surface area (Å²) in [6.45, 7) is 3.65. The SMILES string of the molecule is C=CC(O)(c1ccc(F)cc1)c1cccs1. The maximum Gasteiger partial charge on any atom is 0.142 e. The van der Waals surface area contributed by atoms with Crippen molar-refractivity contribution in [2.75, 3.05) is 0 Å². The fourth-order valence-corrected chi connectivity index (χ4v) is 2.40. The summed E-state index contributed by atoms with van der Waals surface area (Å²) in [5.41, 5.74) is -0.617. The molecule has 1 N–H and O–H groups in total. The molecule has 0 aliphatic heterocycles. The third-order valence-corrected chi connectivity index (χ3v) is 3.47. The van der Waals surface area contributed by atoms with Crippen molar-refractivity contribution in [2.45, 2.75) is 5.60 Å². The van der Waals surface area contributed by atoms with Crippen molar-refractivity contribution in [1.82, 2.24) is 0 Å². The lowest BCUT2D eigenvalue weighted by Gasteiger charge is -2.23. The minimum atomic E-state index is -1.23. The highest BCUT2D eigenvalue weighted by atomic mass is 32.1. The quantitative estimate of drug-likeness (QED) is 0.808. The topological polar surface area (TPSA) is 20.2 Å². The van der Waals surface area contributed by atoms with Crippen molar-refractivity contribution < 1.29 is 9.50 Å². The first-order chi connectivity index (χ1) is 7.66. The van der Waals surface area contributed by atoms with Gasteiger partial charge in [-0.15, -0.1) is 11.3 Å². The summed E-state index contributed by atoms with van der Waals surface area (Å²) in [6, 6.07) is 9.48. The molecule has 0 radical (unpaired) electrons. The van der Waals surface area contributed by atoms with Crippen molar-refractivity contribution in [1.29, 1.82) is 0 Å². The number of rotatable bonds is 3. The molecule has 0 aliphatic carbocycles. The van der Waals surface area contributed by atoms with Crippen LogP contribution in [0.3, 0.4) is 0 Å². The van der Waals surface area contributed by atoms with E-state index in [1.165, 1.54) is 29.5 Å². The number of thiophene rings is 1. The summed E-state index contributed by atoms with van der Waals surface area (Å²) in [4.78, 5) is 0.772. The second kappa shape index (κ2) is 4.20. The zero-order valence-corrected chi connectivity index (χ0v) is 9.38. The number of hydrogen-bond donors (Lipinski definition) is 1. The summed E-state index contributed by atoms with van der Waals surface area (Å²) < 4.78 is 12.8. The summed E-state index contributed by atoms with van der Waals surface area (Å²) >= 11 is 1.44. The van der Waals surface area contributed by atoms with Gasteiger partial charge in [0.2, 0.25) is 0 Å². The fraction of sp³-hybridized carbons (Fsp3) is 0.0769. The molecule has 3 heteroatoms. The van der Waals surface area contributed by atoms with Crippen LogP contribution in [-0.4, -0.2) is 5.11 Å². The third kappa shape index (κ3) is 1.79. The number of hydrogen-bond acceptors (Lipinski definition) is 2. The van der Waals surface area contributed by atoms with Gasteiger partial charge in [0, 0.05) is 4.88 Å². The Bertz CT molecular complexity index is 475. The highest BCUT2D eigenvalue weighted by Crippen LogP contribution is 2.33. The summed E-state index contributed by atoms with van der Waals surface area (Å²) in [5, 5.41) is 12.4. The van der Waals surface area contributed by atoms with Crippen molar-refractivity contribution in [2.24, 2.45) is 0 Å². The Kier molecular flexibility index (Phi) is 2.90. The van der Waals surface area contributed by atoms with E-state index in [-0.39, 0.29) is 5.82 Å². The molecule has 82 valence electrons. The molecular formula is C13H11FOS. The van der Waals surface area contributed by atoms with Gasteiger partial charge in [0.1, 0.15) is 11.4 Å². The second-order valence-corrected chi connectivity index (χ2v) is 4.40. The average Bonchev–Trinajstić information content (AvgIpc) is 2.83. The van der Waals surface area contributed by atoms with Crippen molar-refractivity contribution in [3.8, 4) is 0 Å². The Hall–Kier alpha value is -1.45. The first-order valence-corrected chi connectivity index (χ1v) is 5.71. The molecule has 1 aromatic carbocycles. The van der Waals surface area contributed by atoms with Gasteiger partial charge in [-0.2, -0.15) is 0 Å². The first kappa shape index (κ1) is 11.0. The lowest BCUT2D eigenvalue weighted by Crippen LogP contribution is -2.22. The van der Waals surface area contributed by atoms with Crippen LogP contribution in [0.25, 0.3) is 0 Å². The van der Waals surface area contributed by atoms with Gasteiger partial charge in [-0.3, -0.25) is 0 Å². The molecule has 0 amide bonds. The fourth-order valence-electron chi connectivity index (χ4n) is 1.56. The minimum Gasteiger partial charge on any atom is -0.376 e. The molecule has 0 spiro atoms. The molecule has 1 nitrogen and oxygen atoms in total. The van der Waals surface area contributed by atoms with Crippen LogP contribution in [-0.2, 0) is 5.60 Å². The van der Waals surface area contributed by atoms with Crippen LogP contribution < -0.4 is 0 Å². The van der Waals surface area contributed by atoms with Crippen LogP contribution in [0, 0.1) is 5.82 Å². The summed E-state index contributed by atoms with van der Waals surface area (Å²) in [5.74, 6) is -0.318. The maximum atomic E-state index is 12.8. The standard InChI is InChI=1S/C13H11FOS/c1-2-13(15,12-4-3-9-16-12)10-5-7-11(14)8-6-10/h2-9,15H,1H2. The first-order valence-electron chi connectivity index (χ1n) is 4.83. The molecule has 0 saturated carbocycles. The lowest BCUT2D eigenvalue weighted by molar-refractivity contribution is 0.139. The summed E-state index contributed by atoms with van der Waals surface area (Å²) in [7, 11) is 0. The predicted octanol–water partition coefficient (Wildman–Crippen LogP) is 3.31. The molecule has 1 aromatic heterocycles. The molecular weight excluding hydrogens is 223 g/mol. The van der Waals surface area contributed by atoms with Crippen molar-refractivity contribution >= 4 is 11.3 Å². The zero-order valence-electron chi connectivity index (χ0n) is 8.56. The third-order valence-electron chi connectivity index (χ3n) is 2.48. The molecule has 2 aromatic rings. The second-order valence-electron chi connectivity index (χ2n) is 3.45. The smallest absolute Gasteiger partial charge is 0.142 e. The van der Waals surface area contributed by atoms with Gasteiger partial charge >= 0.3 is 0 Å².